The fraction of sp³-hybridized carbons (Fsp3) is 0.312. The Hall–Kier alpha value is -1.99. The molecular weight excluding hydrogens is 563 g/mol. The van der Waals surface area contributed by atoms with Gasteiger partial charge in [-0.2, -0.15) is 0 Å². The van der Waals surface area contributed by atoms with Crippen molar-refractivity contribution in [1.82, 2.24) is 0 Å². The topological polar surface area (TPSA) is 0 Å². The van der Waals surface area contributed by atoms with Crippen LogP contribution in [-0.4, -0.2) is 0 Å². The first-order chi connectivity index (χ1) is 15.8. The summed E-state index contributed by atoms with van der Waals surface area (Å²) in [6.07, 6.45) is 2.33. The zero-order valence-corrected chi connectivity index (χ0v) is 24.4. The van der Waals surface area contributed by atoms with E-state index in [0.717, 1.165) is 6.42 Å². The molecule has 3 aromatic carbocycles. The SMILES string of the molecule is CC1=C(C)[C](C)([Hf][C]2=C(CC(C)c3ccccc3)c3cc4ccccc4cc3C2)C(C)=C1C. The van der Waals surface area contributed by atoms with Gasteiger partial charge in [-0.1, -0.05) is 0 Å². The minimum atomic E-state index is -1.18. The molecule has 0 N–H and O–H groups in total. The Balaban J connectivity index is 1.60. The molecule has 1 heteroatoms. The van der Waals surface area contributed by atoms with Crippen LogP contribution in [0.5, 0.6) is 0 Å². The van der Waals surface area contributed by atoms with Gasteiger partial charge in [0.15, 0.2) is 0 Å². The van der Waals surface area contributed by atoms with Crippen molar-refractivity contribution in [2.24, 2.45) is 0 Å². The number of benzene rings is 3. The maximum absolute atomic E-state index is 2.56. The summed E-state index contributed by atoms with van der Waals surface area (Å²) in [4.78, 5) is 0. The predicted molar refractivity (Wildman–Crippen MR) is 139 cm³/mol. The average molecular weight is 597 g/mol. The standard InChI is InChI=1S/C22H19.C10H15.Hf/c1-16(17-7-3-2-4-8-17)13-20-11-12-21-14-18-9-5-6-10-19(18)15-22(20)21;1-6-7(2)9(4)10(5)8(6)3;/h2-10,14-16H,12-13H2,1H3;1-5H3;. The molecule has 5 rings (SSSR count). The van der Waals surface area contributed by atoms with Gasteiger partial charge in [0.05, 0.1) is 0 Å². The van der Waals surface area contributed by atoms with Gasteiger partial charge < -0.3 is 0 Å². The molecule has 0 bridgehead atoms. The molecule has 0 fully saturated rings. The van der Waals surface area contributed by atoms with E-state index in [1.807, 2.05) is 3.33 Å². The summed E-state index contributed by atoms with van der Waals surface area (Å²) < 4.78 is 2.17. The van der Waals surface area contributed by atoms with Crippen molar-refractivity contribution in [1.29, 1.82) is 0 Å². The number of hydrogen-bond acceptors (Lipinski definition) is 0. The van der Waals surface area contributed by atoms with E-state index in [1.165, 1.54) is 28.3 Å². The van der Waals surface area contributed by atoms with Crippen LogP contribution in [0.3, 0.4) is 0 Å². The van der Waals surface area contributed by atoms with E-state index in [2.05, 4.69) is 108 Å². The summed E-state index contributed by atoms with van der Waals surface area (Å²) in [5.74, 6) is 0.533. The van der Waals surface area contributed by atoms with E-state index in [4.69, 9.17) is 0 Å². The normalized spacial score (nSPS) is 18.4. The summed E-state index contributed by atoms with van der Waals surface area (Å²) in [6.45, 7) is 14.5. The van der Waals surface area contributed by atoms with Crippen molar-refractivity contribution in [3.8, 4) is 0 Å². The predicted octanol–water partition coefficient (Wildman–Crippen LogP) is 9.25. The molecule has 1 unspecified atom stereocenters. The van der Waals surface area contributed by atoms with Crippen molar-refractivity contribution in [2.75, 3.05) is 0 Å². The number of hydrogen-bond donors (Lipinski definition) is 0. The summed E-state index contributed by atoms with van der Waals surface area (Å²) in [5.41, 5.74) is 12.6. The molecule has 0 spiro atoms. The van der Waals surface area contributed by atoms with E-state index in [9.17, 15) is 0 Å². The Morgan fingerprint density at radius 3 is 2.03 bits per heavy atom. The Morgan fingerprint density at radius 1 is 0.818 bits per heavy atom. The molecule has 0 saturated carbocycles. The third-order valence-electron chi connectivity index (χ3n) is 8.50. The van der Waals surface area contributed by atoms with Crippen molar-refractivity contribution >= 4 is 16.3 Å². The van der Waals surface area contributed by atoms with Crippen LogP contribution in [0.2, 0.25) is 3.17 Å². The zero-order valence-electron chi connectivity index (χ0n) is 20.8. The van der Waals surface area contributed by atoms with Gasteiger partial charge in [0.25, 0.3) is 0 Å². The second-order valence-corrected chi connectivity index (χ2v) is 16.9. The molecule has 2 aliphatic carbocycles. The Labute approximate surface area is 210 Å². The van der Waals surface area contributed by atoms with Gasteiger partial charge in [0.2, 0.25) is 0 Å². The molecule has 0 aliphatic heterocycles. The quantitative estimate of drug-likeness (QED) is 0.258. The molecule has 166 valence electrons. The van der Waals surface area contributed by atoms with Crippen LogP contribution < -0.4 is 0 Å². The van der Waals surface area contributed by atoms with Crippen LogP contribution in [0.15, 0.2) is 92.4 Å². The first-order valence-corrected chi connectivity index (χ1v) is 15.8. The molecule has 0 amide bonds. The molecule has 0 heterocycles. The number of rotatable bonds is 5. The fourth-order valence-electron chi connectivity index (χ4n) is 5.82. The van der Waals surface area contributed by atoms with Gasteiger partial charge >= 0.3 is 212 Å². The van der Waals surface area contributed by atoms with E-state index in [1.54, 1.807) is 33.4 Å². The zero-order chi connectivity index (χ0) is 23.3. The summed E-state index contributed by atoms with van der Waals surface area (Å²) in [7, 11) is 0. The summed E-state index contributed by atoms with van der Waals surface area (Å²) in [6, 6.07) is 25.0. The van der Waals surface area contributed by atoms with Gasteiger partial charge in [0, 0.05) is 0 Å². The molecule has 0 saturated heterocycles. The molecule has 0 aromatic heterocycles. The molecule has 0 radical (unpaired) electrons. The van der Waals surface area contributed by atoms with Crippen molar-refractivity contribution < 1.29 is 22.9 Å². The maximum atomic E-state index is 2.56. The summed E-state index contributed by atoms with van der Waals surface area (Å²) in [5, 5.41) is 2.76. The van der Waals surface area contributed by atoms with Crippen LogP contribution in [0.1, 0.15) is 70.6 Å². The molecule has 3 aromatic rings. The van der Waals surface area contributed by atoms with Crippen molar-refractivity contribution in [3.05, 3.63) is 109 Å². The number of fused-ring (bicyclic) bond motifs is 2. The second kappa shape index (κ2) is 8.66. The van der Waals surface area contributed by atoms with E-state index < -0.39 is 22.9 Å². The van der Waals surface area contributed by atoms with E-state index in [0.29, 0.717) is 9.09 Å². The molecule has 0 nitrogen and oxygen atoms in total. The third kappa shape index (κ3) is 3.87. The van der Waals surface area contributed by atoms with Crippen LogP contribution in [0.25, 0.3) is 16.3 Å². The second-order valence-electron chi connectivity index (χ2n) is 10.3. The Morgan fingerprint density at radius 2 is 1.39 bits per heavy atom. The van der Waals surface area contributed by atoms with E-state index >= 15 is 0 Å². The average Bonchev–Trinajstić information content (AvgIpc) is 3.22. The van der Waals surface area contributed by atoms with Gasteiger partial charge in [-0.15, -0.1) is 0 Å². The third-order valence-corrected chi connectivity index (χ3v) is 15.8. The monoisotopic (exact) mass is 598 g/mol. The molecule has 1 atom stereocenters. The van der Waals surface area contributed by atoms with Crippen molar-refractivity contribution in [2.45, 2.75) is 63.5 Å². The Bertz CT molecular complexity index is 1310. The van der Waals surface area contributed by atoms with E-state index in [-0.39, 0.29) is 0 Å². The fourth-order valence-corrected chi connectivity index (χ4v) is 13.1. The first-order valence-electron chi connectivity index (χ1n) is 12.2. The minimum absolute atomic E-state index is 0.326. The molecular formula is C32H34Hf. The van der Waals surface area contributed by atoms with Gasteiger partial charge in [-0.05, 0) is 0 Å². The Kier molecular flexibility index (Phi) is 5.98. The van der Waals surface area contributed by atoms with Crippen LogP contribution in [-0.2, 0) is 29.3 Å². The van der Waals surface area contributed by atoms with Crippen LogP contribution in [0.4, 0.5) is 0 Å². The molecule has 2 aliphatic rings. The number of allylic oxidation sites excluding steroid dienone is 6. The molecule has 33 heavy (non-hydrogen) atoms. The van der Waals surface area contributed by atoms with Crippen LogP contribution in [0, 0.1) is 0 Å². The summed E-state index contributed by atoms with van der Waals surface area (Å²) >= 11 is -1.18. The van der Waals surface area contributed by atoms with Crippen LogP contribution >= 0.6 is 0 Å². The van der Waals surface area contributed by atoms with Gasteiger partial charge in [0.1, 0.15) is 0 Å². The van der Waals surface area contributed by atoms with Crippen molar-refractivity contribution in [3.63, 3.8) is 0 Å². The first kappa shape index (κ1) is 22.8. The van der Waals surface area contributed by atoms with Gasteiger partial charge in [-0.25, -0.2) is 0 Å². The van der Waals surface area contributed by atoms with Gasteiger partial charge in [-0.3, -0.25) is 0 Å².